The molecule has 1 heteroatoms. The second kappa shape index (κ2) is 6.66. The zero-order valence-corrected chi connectivity index (χ0v) is 8.10. The van der Waals surface area contributed by atoms with E-state index in [0.29, 0.717) is 5.92 Å². The summed E-state index contributed by atoms with van der Waals surface area (Å²) in [7, 11) is 0. The average molecular weight is 157 g/mol. The normalized spacial score (nSPS) is 16.4. The highest BCUT2D eigenvalue weighted by molar-refractivity contribution is 4.60. The van der Waals surface area contributed by atoms with Gasteiger partial charge in [0.05, 0.1) is 6.61 Å². The van der Waals surface area contributed by atoms with Crippen LogP contribution in [0.25, 0.3) is 0 Å². The van der Waals surface area contributed by atoms with E-state index in [4.69, 9.17) is 0 Å². The summed E-state index contributed by atoms with van der Waals surface area (Å²) in [4.78, 5) is 0. The monoisotopic (exact) mass is 157 g/mol. The Kier molecular flexibility index (Phi) is 6.63. The summed E-state index contributed by atoms with van der Waals surface area (Å²) in [5.74, 6) is 1.18. The van der Waals surface area contributed by atoms with Crippen LogP contribution in [0.15, 0.2) is 0 Å². The molecule has 0 aliphatic carbocycles. The SMILES string of the molecule is CCCC(CC)CC(C)C[O]. The maximum atomic E-state index is 10.5. The van der Waals surface area contributed by atoms with Gasteiger partial charge in [0, 0.05) is 0 Å². The van der Waals surface area contributed by atoms with Crippen LogP contribution in [0.2, 0.25) is 0 Å². The summed E-state index contributed by atoms with van der Waals surface area (Å²) in [6, 6.07) is 0. The summed E-state index contributed by atoms with van der Waals surface area (Å²) >= 11 is 0. The molecule has 0 aliphatic rings. The molecule has 0 aromatic heterocycles. The van der Waals surface area contributed by atoms with Crippen LogP contribution in [0.4, 0.5) is 0 Å². The van der Waals surface area contributed by atoms with E-state index in [2.05, 4.69) is 20.8 Å². The first-order chi connectivity index (χ1) is 5.24. The molecule has 67 valence electrons. The van der Waals surface area contributed by atoms with Crippen LogP contribution >= 0.6 is 0 Å². The molecule has 0 amide bonds. The molecule has 11 heavy (non-hydrogen) atoms. The molecule has 0 heterocycles. The van der Waals surface area contributed by atoms with E-state index in [1.807, 2.05) is 0 Å². The van der Waals surface area contributed by atoms with E-state index in [1.54, 1.807) is 0 Å². The molecule has 0 aromatic rings. The van der Waals surface area contributed by atoms with Crippen LogP contribution < -0.4 is 0 Å². The van der Waals surface area contributed by atoms with Gasteiger partial charge in [-0.1, -0.05) is 40.0 Å². The van der Waals surface area contributed by atoms with Crippen molar-refractivity contribution in [3.05, 3.63) is 0 Å². The Morgan fingerprint density at radius 1 is 1.27 bits per heavy atom. The fraction of sp³-hybridized carbons (Fsp3) is 1.00. The topological polar surface area (TPSA) is 19.9 Å². The molecule has 0 fully saturated rings. The van der Waals surface area contributed by atoms with E-state index >= 15 is 0 Å². The summed E-state index contributed by atoms with van der Waals surface area (Å²) in [5, 5.41) is 10.5. The van der Waals surface area contributed by atoms with Crippen molar-refractivity contribution in [3.8, 4) is 0 Å². The van der Waals surface area contributed by atoms with Gasteiger partial charge in [0.2, 0.25) is 0 Å². The predicted molar refractivity (Wildman–Crippen MR) is 48.0 cm³/mol. The molecule has 1 nitrogen and oxygen atoms in total. The van der Waals surface area contributed by atoms with Crippen molar-refractivity contribution in [2.24, 2.45) is 11.8 Å². The molecule has 1 radical (unpaired) electrons. The lowest BCUT2D eigenvalue weighted by atomic mass is 9.91. The molecular formula is C10H21O. The highest BCUT2D eigenvalue weighted by Crippen LogP contribution is 2.19. The smallest absolute Gasteiger partial charge is 0.0847 e. The van der Waals surface area contributed by atoms with Crippen molar-refractivity contribution >= 4 is 0 Å². The lowest BCUT2D eigenvalue weighted by Gasteiger charge is -2.16. The Morgan fingerprint density at radius 2 is 1.91 bits per heavy atom. The van der Waals surface area contributed by atoms with Gasteiger partial charge < -0.3 is 0 Å². The van der Waals surface area contributed by atoms with Gasteiger partial charge in [-0.15, -0.1) is 0 Å². The Hall–Kier alpha value is -0.0400. The number of hydrogen-bond donors (Lipinski definition) is 0. The van der Waals surface area contributed by atoms with Crippen molar-refractivity contribution in [3.63, 3.8) is 0 Å². The van der Waals surface area contributed by atoms with Crippen molar-refractivity contribution < 1.29 is 5.11 Å². The maximum Gasteiger partial charge on any atom is 0.0847 e. The molecule has 0 N–H and O–H groups in total. The summed E-state index contributed by atoms with van der Waals surface area (Å²) < 4.78 is 0. The standard InChI is InChI=1S/C10H21O/c1-4-6-10(5-2)7-9(3)8-11/h9-10H,4-8H2,1-3H3. The third-order valence-electron chi connectivity index (χ3n) is 2.29. The second-order valence-electron chi connectivity index (χ2n) is 3.57. The van der Waals surface area contributed by atoms with Crippen LogP contribution in [0, 0.1) is 11.8 Å². The van der Waals surface area contributed by atoms with Crippen LogP contribution in [-0.4, -0.2) is 6.61 Å². The lowest BCUT2D eigenvalue weighted by Crippen LogP contribution is -2.08. The molecule has 0 rings (SSSR count). The third kappa shape index (κ3) is 5.25. The molecule has 2 unspecified atom stereocenters. The van der Waals surface area contributed by atoms with Crippen LogP contribution in [0.3, 0.4) is 0 Å². The molecule has 0 aromatic carbocycles. The lowest BCUT2D eigenvalue weighted by molar-refractivity contribution is 0.135. The minimum Gasteiger partial charge on any atom is -0.236 e. The van der Waals surface area contributed by atoms with Gasteiger partial charge in [0.25, 0.3) is 0 Å². The number of hydrogen-bond acceptors (Lipinski definition) is 0. The molecule has 0 saturated carbocycles. The average Bonchev–Trinajstić information content (AvgIpc) is 2.03. The first kappa shape index (κ1) is 11.0. The fourth-order valence-electron chi connectivity index (χ4n) is 1.53. The van der Waals surface area contributed by atoms with Gasteiger partial charge in [-0.3, -0.25) is 0 Å². The zero-order valence-electron chi connectivity index (χ0n) is 8.10. The molecule has 2 atom stereocenters. The number of rotatable bonds is 6. The zero-order chi connectivity index (χ0) is 8.69. The molecule has 0 spiro atoms. The van der Waals surface area contributed by atoms with Crippen LogP contribution in [-0.2, 0) is 5.11 Å². The maximum absolute atomic E-state index is 10.5. The van der Waals surface area contributed by atoms with E-state index in [9.17, 15) is 5.11 Å². The minimum absolute atomic E-state index is 0.0974. The van der Waals surface area contributed by atoms with Gasteiger partial charge in [0.1, 0.15) is 0 Å². The third-order valence-corrected chi connectivity index (χ3v) is 2.29. The van der Waals surface area contributed by atoms with Crippen molar-refractivity contribution in [2.75, 3.05) is 6.61 Å². The van der Waals surface area contributed by atoms with E-state index in [-0.39, 0.29) is 6.61 Å². The molecule has 0 saturated heterocycles. The minimum atomic E-state index is 0.0974. The van der Waals surface area contributed by atoms with Gasteiger partial charge in [-0.2, -0.15) is 0 Å². The predicted octanol–water partition coefficient (Wildman–Crippen LogP) is 3.27. The first-order valence-corrected chi connectivity index (χ1v) is 4.82. The first-order valence-electron chi connectivity index (χ1n) is 4.82. The Balaban J connectivity index is 3.49. The Bertz CT molecular complexity index is 80.9. The summed E-state index contributed by atoms with van der Waals surface area (Å²) in [6.07, 6.45) is 4.91. The molecule has 0 bridgehead atoms. The molecule has 0 aliphatic heterocycles. The highest BCUT2D eigenvalue weighted by Gasteiger charge is 2.09. The summed E-state index contributed by atoms with van der Waals surface area (Å²) in [5.41, 5.74) is 0. The highest BCUT2D eigenvalue weighted by atomic mass is 16.3. The largest absolute Gasteiger partial charge is 0.236 e. The van der Waals surface area contributed by atoms with Crippen LogP contribution in [0.5, 0.6) is 0 Å². The Morgan fingerprint density at radius 3 is 2.27 bits per heavy atom. The van der Waals surface area contributed by atoms with E-state index in [1.165, 1.54) is 19.3 Å². The van der Waals surface area contributed by atoms with Gasteiger partial charge in [-0.25, -0.2) is 5.11 Å². The molecular weight excluding hydrogens is 136 g/mol. The van der Waals surface area contributed by atoms with Crippen molar-refractivity contribution in [1.29, 1.82) is 0 Å². The van der Waals surface area contributed by atoms with Gasteiger partial charge in [-0.05, 0) is 18.3 Å². The second-order valence-corrected chi connectivity index (χ2v) is 3.57. The quantitative estimate of drug-likeness (QED) is 0.564. The fourth-order valence-corrected chi connectivity index (χ4v) is 1.53. The van der Waals surface area contributed by atoms with Crippen molar-refractivity contribution in [1.82, 2.24) is 0 Å². The van der Waals surface area contributed by atoms with Gasteiger partial charge >= 0.3 is 0 Å². The van der Waals surface area contributed by atoms with Crippen molar-refractivity contribution in [2.45, 2.75) is 46.5 Å². The Labute approximate surface area is 70.8 Å². The van der Waals surface area contributed by atoms with Gasteiger partial charge in [0.15, 0.2) is 0 Å². The van der Waals surface area contributed by atoms with E-state index < -0.39 is 0 Å². The van der Waals surface area contributed by atoms with E-state index in [0.717, 1.165) is 12.3 Å². The van der Waals surface area contributed by atoms with Crippen LogP contribution in [0.1, 0.15) is 46.5 Å². The summed E-state index contributed by atoms with van der Waals surface area (Å²) in [6.45, 7) is 6.59.